The molecule has 1 unspecified atom stereocenters. The lowest BCUT2D eigenvalue weighted by molar-refractivity contribution is -0.132. The van der Waals surface area contributed by atoms with Crippen LogP contribution in [0.5, 0.6) is 17.2 Å². The van der Waals surface area contributed by atoms with Gasteiger partial charge in [-0.2, -0.15) is 0 Å². The Kier molecular flexibility index (Phi) is 8.00. The summed E-state index contributed by atoms with van der Waals surface area (Å²) in [7, 11) is 1.57. The largest absolute Gasteiger partial charge is 0.507 e. The molecule has 4 rings (SSSR count). The number of hydrogen-bond donors (Lipinski definition) is 1. The molecule has 1 N–H and O–H groups in total. The second kappa shape index (κ2) is 11.2. The van der Waals surface area contributed by atoms with E-state index in [-0.39, 0.29) is 16.7 Å². The summed E-state index contributed by atoms with van der Waals surface area (Å²) in [4.78, 5) is 28.6. The molecule has 0 saturated carbocycles. The normalized spacial score (nSPS) is 16.9. The Bertz CT molecular complexity index is 1380. The highest BCUT2D eigenvalue weighted by molar-refractivity contribution is 6.51. The Morgan fingerprint density at radius 3 is 2.05 bits per heavy atom. The molecule has 1 atom stereocenters. The maximum atomic E-state index is 13.6. The van der Waals surface area contributed by atoms with E-state index in [9.17, 15) is 14.7 Å². The standard InChI is InChI=1S/C32H35NO6/c1-7-38-24-17-18-25(26(19-24)39-8-2)29(34)27-28(20-9-15-23(37-6)16-10-20)33(31(36)30(27)35)22-13-11-21(12-14-22)32(3,4)5/h9-19,28,34H,7-8H2,1-6H3/b29-27-. The Labute approximate surface area is 229 Å². The SMILES string of the molecule is CCOc1ccc(/C(O)=C2/C(=O)C(=O)N(c3ccc(C(C)(C)C)cc3)C2c2ccc(OC)cc2)c(OCC)c1. The molecule has 7 nitrogen and oxygen atoms in total. The summed E-state index contributed by atoms with van der Waals surface area (Å²) in [6.07, 6.45) is 0. The molecule has 0 bridgehead atoms. The second-order valence-corrected chi connectivity index (χ2v) is 10.3. The highest BCUT2D eigenvalue weighted by Crippen LogP contribution is 2.44. The summed E-state index contributed by atoms with van der Waals surface area (Å²) in [5, 5.41) is 11.6. The Morgan fingerprint density at radius 2 is 1.49 bits per heavy atom. The lowest BCUT2D eigenvalue weighted by Crippen LogP contribution is -2.29. The number of benzene rings is 3. The second-order valence-electron chi connectivity index (χ2n) is 10.3. The van der Waals surface area contributed by atoms with Crippen molar-refractivity contribution in [2.75, 3.05) is 25.2 Å². The summed E-state index contributed by atoms with van der Waals surface area (Å²) < 4.78 is 16.7. The van der Waals surface area contributed by atoms with E-state index in [0.29, 0.717) is 47.3 Å². The lowest BCUT2D eigenvalue weighted by atomic mass is 9.87. The van der Waals surface area contributed by atoms with E-state index in [0.717, 1.165) is 5.56 Å². The van der Waals surface area contributed by atoms with Gasteiger partial charge in [0.25, 0.3) is 11.7 Å². The van der Waals surface area contributed by atoms with Crippen LogP contribution >= 0.6 is 0 Å². The van der Waals surface area contributed by atoms with Crippen molar-refractivity contribution in [1.29, 1.82) is 0 Å². The van der Waals surface area contributed by atoms with E-state index < -0.39 is 17.7 Å². The van der Waals surface area contributed by atoms with Crippen LogP contribution in [0.15, 0.2) is 72.3 Å². The van der Waals surface area contributed by atoms with Gasteiger partial charge < -0.3 is 19.3 Å². The number of Topliss-reactive ketones (excluding diaryl/α,β-unsaturated/α-hetero) is 1. The lowest BCUT2D eigenvalue weighted by Gasteiger charge is -2.27. The van der Waals surface area contributed by atoms with E-state index in [4.69, 9.17) is 14.2 Å². The van der Waals surface area contributed by atoms with Crippen molar-refractivity contribution in [2.45, 2.75) is 46.1 Å². The molecular weight excluding hydrogens is 494 g/mol. The number of carbonyl (C=O) groups is 2. The zero-order valence-corrected chi connectivity index (χ0v) is 23.3. The van der Waals surface area contributed by atoms with Crippen LogP contribution in [0, 0.1) is 0 Å². The van der Waals surface area contributed by atoms with Crippen LogP contribution in [0.25, 0.3) is 5.76 Å². The first-order chi connectivity index (χ1) is 18.6. The number of ketones is 1. The molecule has 39 heavy (non-hydrogen) atoms. The van der Waals surface area contributed by atoms with Gasteiger partial charge in [-0.1, -0.05) is 45.0 Å². The minimum Gasteiger partial charge on any atom is -0.507 e. The third kappa shape index (κ3) is 5.48. The number of methoxy groups -OCH3 is 1. The summed E-state index contributed by atoms with van der Waals surface area (Å²) in [5.74, 6) is -0.238. The number of aliphatic hydroxyl groups excluding tert-OH is 1. The number of ether oxygens (including phenoxy) is 3. The van der Waals surface area contributed by atoms with Gasteiger partial charge >= 0.3 is 0 Å². The number of nitrogens with zero attached hydrogens (tertiary/aromatic N) is 1. The first kappa shape index (κ1) is 27.8. The van der Waals surface area contributed by atoms with Gasteiger partial charge in [0.2, 0.25) is 0 Å². The Hall–Kier alpha value is -4.26. The molecule has 0 radical (unpaired) electrons. The summed E-state index contributed by atoms with van der Waals surface area (Å²) in [6, 6.07) is 18.9. The van der Waals surface area contributed by atoms with Gasteiger partial charge in [-0.05, 0) is 66.8 Å². The number of carbonyl (C=O) groups excluding carboxylic acids is 2. The predicted molar refractivity (Wildman–Crippen MR) is 152 cm³/mol. The van der Waals surface area contributed by atoms with Crippen LogP contribution < -0.4 is 19.1 Å². The van der Waals surface area contributed by atoms with Gasteiger partial charge in [-0.15, -0.1) is 0 Å². The molecule has 1 amide bonds. The Morgan fingerprint density at radius 1 is 0.872 bits per heavy atom. The molecule has 3 aromatic carbocycles. The minimum absolute atomic E-state index is 0.0184. The molecule has 0 spiro atoms. The minimum atomic E-state index is -0.863. The van der Waals surface area contributed by atoms with E-state index in [2.05, 4.69) is 20.8 Å². The molecule has 3 aromatic rings. The maximum absolute atomic E-state index is 13.6. The summed E-state index contributed by atoms with van der Waals surface area (Å²) in [5.41, 5.74) is 2.52. The van der Waals surface area contributed by atoms with Gasteiger partial charge in [0.05, 0.1) is 37.5 Å². The fourth-order valence-corrected chi connectivity index (χ4v) is 4.70. The molecule has 7 heteroatoms. The number of aliphatic hydroxyl groups is 1. The van der Waals surface area contributed by atoms with Crippen molar-refractivity contribution in [3.8, 4) is 17.2 Å². The van der Waals surface area contributed by atoms with E-state index in [1.54, 1.807) is 49.6 Å². The van der Waals surface area contributed by atoms with Crippen LogP contribution in [0.4, 0.5) is 5.69 Å². The number of amides is 1. The number of rotatable bonds is 8. The molecule has 1 aliphatic heterocycles. The van der Waals surface area contributed by atoms with E-state index in [1.165, 1.54) is 4.90 Å². The fraction of sp³-hybridized carbons (Fsp3) is 0.312. The van der Waals surface area contributed by atoms with Gasteiger partial charge in [0, 0.05) is 11.8 Å². The van der Waals surface area contributed by atoms with Crippen LogP contribution in [-0.4, -0.2) is 37.1 Å². The van der Waals surface area contributed by atoms with Gasteiger partial charge in [0.1, 0.15) is 23.0 Å². The fourth-order valence-electron chi connectivity index (χ4n) is 4.70. The highest BCUT2D eigenvalue weighted by atomic mass is 16.5. The quantitative estimate of drug-likeness (QED) is 0.206. The molecule has 0 aromatic heterocycles. The van der Waals surface area contributed by atoms with Gasteiger partial charge in [0.15, 0.2) is 0 Å². The number of anilines is 1. The smallest absolute Gasteiger partial charge is 0.300 e. The molecule has 0 aliphatic carbocycles. The number of hydrogen-bond acceptors (Lipinski definition) is 6. The molecule has 1 aliphatic rings. The first-order valence-corrected chi connectivity index (χ1v) is 13.1. The third-order valence-electron chi connectivity index (χ3n) is 6.71. The van der Waals surface area contributed by atoms with Crippen molar-refractivity contribution in [3.05, 3.63) is 89.0 Å². The van der Waals surface area contributed by atoms with Crippen molar-refractivity contribution in [2.24, 2.45) is 0 Å². The van der Waals surface area contributed by atoms with Crippen molar-refractivity contribution >= 4 is 23.1 Å². The third-order valence-corrected chi connectivity index (χ3v) is 6.71. The molecule has 204 valence electrons. The maximum Gasteiger partial charge on any atom is 0.300 e. The van der Waals surface area contributed by atoms with Crippen LogP contribution in [0.3, 0.4) is 0 Å². The summed E-state index contributed by atoms with van der Waals surface area (Å²) >= 11 is 0. The van der Waals surface area contributed by atoms with E-state index >= 15 is 0 Å². The van der Waals surface area contributed by atoms with Gasteiger partial charge in [-0.25, -0.2) is 0 Å². The highest BCUT2D eigenvalue weighted by Gasteiger charge is 2.47. The monoisotopic (exact) mass is 529 g/mol. The van der Waals surface area contributed by atoms with Crippen LogP contribution in [-0.2, 0) is 15.0 Å². The average molecular weight is 530 g/mol. The molecular formula is C32H35NO6. The molecule has 1 saturated heterocycles. The van der Waals surface area contributed by atoms with Crippen molar-refractivity contribution in [3.63, 3.8) is 0 Å². The van der Waals surface area contributed by atoms with Gasteiger partial charge in [-0.3, -0.25) is 14.5 Å². The topological polar surface area (TPSA) is 85.3 Å². The van der Waals surface area contributed by atoms with E-state index in [1.807, 2.05) is 38.1 Å². The van der Waals surface area contributed by atoms with Crippen molar-refractivity contribution in [1.82, 2.24) is 0 Å². The zero-order valence-electron chi connectivity index (χ0n) is 23.3. The first-order valence-electron chi connectivity index (χ1n) is 13.1. The van der Waals surface area contributed by atoms with Crippen LogP contribution in [0.2, 0.25) is 0 Å². The molecule has 1 fully saturated rings. The van der Waals surface area contributed by atoms with Crippen molar-refractivity contribution < 1.29 is 28.9 Å². The van der Waals surface area contributed by atoms with Crippen LogP contribution in [0.1, 0.15) is 57.4 Å². The Balaban J connectivity index is 1.91. The predicted octanol–water partition coefficient (Wildman–Crippen LogP) is 6.42. The average Bonchev–Trinajstić information content (AvgIpc) is 3.18. The molecule has 1 heterocycles. The zero-order chi connectivity index (χ0) is 28.3. The summed E-state index contributed by atoms with van der Waals surface area (Å²) in [6.45, 7) is 10.8.